The van der Waals surface area contributed by atoms with Crippen molar-refractivity contribution in [3.05, 3.63) is 94.0 Å². The van der Waals surface area contributed by atoms with Crippen molar-refractivity contribution in [3.63, 3.8) is 0 Å². The van der Waals surface area contributed by atoms with Gasteiger partial charge in [0.1, 0.15) is 12.6 Å². The van der Waals surface area contributed by atoms with Gasteiger partial charge in [-0.3, -0.25) is 13.9 Å². The zero-order valence-electron chi connectivity index (χ0n) is 22.3. The number of amides is 2. The Kier molecular flexibility index (Phi) is 9.73. The molecular weight excluding hydrogens is 566 g/mol. The van der Waals surface area contributed by atoms with Gasteiger partial charge >= 0.3 is 0 Å². The second-order valence-corrected chi connectivity index (χ2v) is 12.3. The number of carbonyl (C=O) groups excluding carboxylic acids is 2. The first-order valence-electron chi connectivity index (χ1n) is 12.4. The van der Waals surface area contributed by atoms with Crippen molar-refractivity contribution in [1.29, 1.82) is 0 Å². The molecule has 0 bridgehead atoms. The lowest BCUT2D eigenvalue weighted by Gasteiger charge is -2.33. The maximum atomic E-state index is 14.0. The molecule has 0 unspecified atom stereocenters. The van der Waals surface area contributed by atoms with E-state index in [-0.39, 0.29) is 23.4 Å². The average molecular weight is 601 g/mol. The van der Waals surface area contributed by atoms with Gasteiger partial charge in [-0.25, -0.2) is 8.42 Å². The van der Waals surface area contributed by atoms with Crippen molar-refractivity contribution in [2.24, 2.45) is 0 Å². The molecule has 0 heterocycles. The molecule has 0 saturated heterocycles. The minimum Gasteiger partial charge on any atom is -0.352 e. The van der Waals surface area contributed by atoms with Crippen LogP contribution in [0.1, 0.15) is 37.5 Å². The van der Waals surface area contributed by atoms with Crippen molar-refractivity contribution in [1.82, 2.24) is 10.2 Å². The van der Waals surface area contributed by atoms with Gasteiger partial charge < -0.3 is 10.2 Å². The SMILES string of the molecule is Cc1cccc(N(CC(=O)N(Cc2cccc(Br)c2)[C@@H](C)C(=O)NC(C)C)S(=O)(=O)c2ccccc2)c1C. The summed E-state index contributed by atoms with van der Waals surface area (Å²) in [7, 11) is -4.09. The lowest BCUT2D eigenvalue weighted by Crippen LogP contribution is -2.52. The molecule has 0 aromatic heterocycles. The normalized spacial score (nSPS) is 12.2. The summed E-state index contributed by atoms with van der Waals surface area (Å²) in [6.07, 6.45) is 0. The van der Waals surface area contributed by atoms with E-state index in [2.05, 4.69) is 21.2 Å². The Morgan fingerprint density at radius 2 is 1.58 bits per heavy atom. The second-order valence-electron chi connectivity index (χ2n) is 9.53. The molecule has 0 aliphatic heterocycles. The number of aryl methyl sites for hydroxylation is 1. The Morgan fingerprint density at radius 3 is 2.21 bits per heavy atom. The van der Waals surface area contributed by atoms with E-state index in [1.54, 1.807) is 37.3 Å². The van der Waals surface area contributed by atoms with E-state index in [1.807, 2.05) is 58.0 Å². The highest BCUT2D eigenvalue weighted by atomic mass is 79.9. The van der Waals surface area contributed by atoms with Crippen LogP contribution in [0.25, 0.3) is 0 Å². The number of anilines is 1. The predicted octanol–water partition coefficient (Wildman–Crippen LogP) is 5.20. The van der Waals surface area contributed by atoms with Gasteiger partial charge in [-0.05, 0) is 81.6 Å². The van der Waals surface area contributed by atoms with E-state index in [0.29, 0.717) is 5.69 Å². The molecule has 0 aliphatic rings. The van der Waals surface area contributed by atoms with Gasteiger partial charge in [-0.2, -0.15) is 0 Å². The Balaban J connectivity index is 2.07. The zero-order valence-corrected chi connectivity index (χ0v) is 24.7. The van der Waals surface area contributed by atoms with E-state index >= 15 is 0 Å². The Hall–Kier alpha value is -3.17. The third-order valence-corrected chi connectivity index (χ3v) is 8.56. The Bertz CT molecular complexity index is 1390. The summed E-state index contributed by atoms with van der Waals surface area (Å²) in [4.78, 5) is 28.4. The van der Waals surface area contributed by atoms with Crippen LogP contribution in [0, 0.1) is 13.8 Å². The molecule has 0 radical (unpaired) electrons. The first kappa shape index (κ1) is 29.4. The second kappa shape index (κ2) is 12.6. The van der Waals surface area contributed by atoms with Crippen LogP contribution in [0.2, 0.25) is 0 Å². The van der Waals surface area contributed by atoms with E-state index in [4.69, 9.17) is 0 Å². The van der Waals surface area contributed by atoms with Gasteiger partial charge in [0.05, 0.1) is 10.6 Å². The van der Waals surface area contributed by atoms with E-state index in [9.17, 15) is 18.0 Å². The highest BCUT2D eigenvalue weighted by Gasteiger charge is 2.33. The van der Waals surface area contributed by atoms with E-state index in [0.717, 1.165) is 25.5 Å². The lowest BCUT2D eigenvalue weighted by atomic mass is 10.1. The summed E-state index contributed by atoms with van der Waals surface area (Å²) in [5.41, 5.74) is 2.88. The number of rotatable bonds is 10. The molecule has 3 rings (SSSR count). The Morgan fingerprint density at radius 1 is 0.921 bits per heavy atom. The largest absolute Gasteiger partial charge is 0.352 e. The van der Waals surface area contributed by atoms with Crippen molar-refractivity contribution in [2.45, 2.75) is 58.1 Å². The number of hydrogen-bond acceptors (Lipinski definition) is 4. The van der Waals surface area contributed by atoms with Crippen molar-refractivity contribution < 1.29 is 18.0 Å². The molecule has 38 heavy (non-hydrogen) atoms. The maximum Gasteiger partial charge on any atom is 0.264 e. The number of hydrogen-bond donors (Lipinski definition) is 1. The highest BCUT2D eigenvalue weighted by Crippen LogP contribution is 2.29. The lowest BCUT2D eigenvalue weighted by molar-refractivity contribution is -0.139. The predicted molar refractivity (Wildman–Crippen MR) is 154 cm³/mol. The molecule has 0 saturated carbocycles. The number of sulfonamides is 1. The molecule has 1 N–H and O–H groups in total. The molecule has 7 nitrogen and oxygen atoms in total. The van der Waals surface area contributed by atoms with E-state index < -0.39 is 28.5 Å². The third-order valence-electron chi connectivity index (χ3n) is 6.29. The van der Waals surface area contributed by atoms with Crippen LogP contribution in [0.3, 0.4) is 0 Å². The van der Waals surface area contributed by atoms with Crippen LogP contribution in [0.4, 0.5) is 5.69 Å². The zero-order chi connectivity index (χ0) is 28.0. The molecule has 0 aliphatic carbocycles. The molecule has 3 aromatic carbocycles. The van der Waals surface area contributed by atoms with E-state index in [1.165, 1.54) is 17.0 Å². The molecule has 0 fully saturated rings. The summed E-state index contributed by atoms with van der Waals surface area (Å²) in [5.74, 6) is -0.802. The number of benzene rings is 3. The molecule has 0 spiro atoms. The van der Waals surface area contributed by atoms with Gasteiger partial charge in [0.2, 0.25) is 11.8 Å². The maximum absolute atomic E-state index is 14.0. The standard InChI is InChI=1S/C29H34BrN3O4S/c1-20(2)31-29(35)23(5)32(18-24-12-10-13-25(30)17-24)28(34)19-33(27-16-9-11-21(3)22(27)4)38(36,37)26-14-7-6-8-15-26/h6-17,20,23H,18-19H2,1-5H3,(H,31,35)/t23-/m0/s1. The quantitative estimate of drug-likeness (QED) is 0.347. The van der Waals surface area contributed by atoms with Crippen molar-refractivity contribution in [2.75, 3.05) is 10.8 Å². The van der Waals surface area contributed by atoms with Crippen molar-refractivity contribution >= 4 is 43.5 Å². The molecular formula is C29H34BrN3O4S. The fourth-order valence-electron chi connectivity index (χ4n) is 4.06. The number of nitrogens with zero attached hydrogens (tertiary/aromatic N) is 2. The minimum absolute atomic E-state index is 0.0813. The van der Waals surface area contributed by atoms with Gasteiger partial charge in [0.15, 0.2) is 0 Å². The van der Waals surface area contributed by atoms with Crippen LogP contribution in [0.5, 0.6) is 0 Å². The first-order valence-corrected chi connectivity index (χ1v) is 14.6. The van der Waals surface area contributed by atoms with Crippen LogP contribution in [0.15, 0.2) is 82.2 Å². The summed E-state index contributed by atoms with van der Waals surface area (Å²) in [6, 6.07) is 19.9. The summed E-state index contributed by atoms with van der Waals surface area (Å²) in [6.45, 7) is 8.75. The van der Waals surface area contributed by atoms with Crippen molar-refractivity contribution in [3.8, 4) is 0 Å². The van der Waals surface area contributed by atoms with Gasteiger partial charge in [0.25, 0.3) is 10.0 Å². The third kappa shape index (κ3) is 7.02. The van der Waals surface area contributed by atoms with Crippen LogP contribution < -0.4 is 9.62 Å². The number of nitrogens with one attached hydrogen (secondary N) is 1. The smallest absolute Gasteiger partial charge is 0.264 e. The van der Waals surface area contributed by atoms with Crippen LogP contribution in [-0.4, -0.2) is 43.8 Å². The first-order chi connectivity index (χ1) is 17.9. The molecule has 2 amide bonds. The highest BCUT2D eigenvalue weighted by molar-refractivity contribution is 9.10. The Labute approximate surface area is 234 Å². The number of halogens is 1. The minimum atomic E-state index is -4.09. The van der Waals surface area contributed by atoms with Crippen LogP contribution >= 0.6 is 15.9 Å². The van der Waals surface area contributed by atoms with Crippen LogP contribution in [-0.2, 0) is 26.2 Å². The molecule has 3 aromatic rings. The monoisotopic (exact) mass is 599 g/mol. The summed E-state index contributed by atoms with van der Waals surface area (Å²) in [5, 5.41) is 2.86. The summed E-state index contributed by atoms with van der Waals surface area (Å²) >= 11 is 3.46. The molecule has 202 valence electrons. The average Bonchev–Trinajstić information content (AvgIpc) is 2.87. The fraction of sp³-hybridized carbons (Fsp3) is 0.310. The fourth-order valence-corrected chi connectivity index (χ4v) is 6.00. The van der Waals surface area contributed by atoms with Gasteiger partial charge in [0, 0.05) is 17.1 Å². The van der Waals surface area contributed by atoms with Gasteiger partial charge in [-0.15, -0.1) is 0 Å². The summed E-state index contributed by atoms with van der Waals surface area (Å²) < 4.78 is 29.7. The number of carbonyl (C=O) groups is 2. The molecule has 9 heteroatoms. The molecule has 1 atom stereocenters. The topological polar surface area (TPSA) is 86.8 Å². The van der Waals surface area contributed by atoms with Gasteiger partial charge in [-0.1, -0.05) is 58.4 Å².